The summed E-state index contributed by atoms with van der Waals surface area (Å²) in [5, 5.41) is 0. The van der Waals surface area contributed by atoms with Crippen molar-refractivity contribution in [3.63, 3.8) is 0 Å². The highest BCUT2D eigenvalue weighted by molar-refractivity contribution is 5.95. The number of amides is 1. The summed E-state index contributed by atoms with van der Waals surface area (Å²) in [6.45, 7) is 3.17. The van der Waals surface area contributed by atoms with E-state index in [1.54, 1.807) is 0 Å². The lowest BCUT2D eigenvalue weighted by Gasteiger charge is -2.46. The van der Waals surface area contributed by atoms with Gasteiger partial charge in [-0.25, -0.2) is 0 Å². The monoisotopic (exact) mass is 338 g/mol. The molecule has 24 heavy (non-hydrogen) atoms. The number of benzene rings is 1. The van der Waals surface area contributed by atoms with Crippen LogP contribution in [-0.4, -0.2) is 46.4 Å². The van der Waals surface area contributed by atoms with E-state index in [0.29, 0.717) is 17.6 Å². The summed E-state index contributed by atoms with van der Waals surface area (Å²) in [4.78, 5) is 17.5. The number of likely N-dealkylation sites (N-methyl/N-ethyl adjacent to an activating group) is 1. The van der Waals surface area contributed by atoms with Crippen molar-refractivity contribution < 1.29 is 18.0 Å². The Labute approximate surface area is 139 Å². The number of carbonyl (C=O) groups excluding carboxylic acids is 1. The molecule has 4 rings (SSSR count). The number of piperazine rings is 1. The van der Waals surface area contributed by atoms with Gasteiger partial charge < -0.3 is 4.90 Å². The first-order chi connectivity index (χ1) is 11.4. The molecule has 3 fully saturated rings. The third-order valence-corrected chi connectivity index (χ3v) is 6.03. The highest BCUT2D eigenvalue weighted by atomic mass is 19.4. The molecule has 3 aliphatic rings. The molecular formula is C18H21F3N2O. The van der Waals surface area contributed by atoms with Gasteiger partial charge in [-0.15, -0.1) is 0 Å². The number of nitrogens with zero attached hydrogens (tertiary/aromatic N) is 2. The van der Waals surface area contributed by atoms with Crippen molar-refractivity contribution >= 4 is 5.91 Å². The molecule has 0 N–H and O–H groups in total. The normalized spacial score (nSPS) is 32.4. The molecule has 3 saturated heterocycles. The Hall–Kier alpha value is -1.56. The lowest BCUT2D eigenvalue weighted by Crippen LogP contribution is -2.61. The summed E-state index contributed by atoms with van der Waals surface area (Å²) >= 11 is 0. The van der Waals surface area contributed by atoms with Crippen molar-refractivity contribution in [2.45, 2.75) is 63.0 Å². The molecular weight excluding hydrogens is 317 g/mol. The van der Waals surface area contributed by atoms with E-state index in [1.165, 1.54) is 12.1 Å². The molecule has 0 saturated carbocycles. The van der Waals surface area contributed by atoms with Gasteiger partial charge in [0.2, 0.25) is 0 Å². The zero-order valence-electron chi connectivity index (χ0n) is 13.6. The van der Waals surface area contributed by atoms with Crippen LogP contribution in [0.1, 0.15) is 48.5 Å². The number of fused-ring (bicyclic) bond motifs is 6. The minimum atomic E-state index is -4.37. The molecule has 6 heteroatoms. The van der Waals surface area contributed by atoms with E-state index in [4.69, 9.17) is 0 Å². The Kier molecular flexibility index (Phi) is 3.64. The highest BCUT2D eigenvalue weighted by Gasteiger charge is 2.55. The second-order valence-corrected chi connectivity index (χ2v) is 7.04. The van der Waals surface area contributed by atoms with Gasteiger partial charge in [-0.1, -0.05) is 6.92 Å². The maximum atomic E-state index is 13.0. The first kappa shape index (κ1) is 15.9. The molecule has 0 radical (unpaired) electrons. The van der Waals surface area contributed by atoms with Crippen LogP contribution in [-0.2, 0) is 6.18 Å². The van der Waals surface area contributed by atoms with Gasteiger partial charge in [0.05, 0.1) is 5.56 Å². The standard InChI is InChI=1S/C18H21F3N2O/c1-2-22-13-7-8-14(22)16-10-9-15(13)23(16)17(24)11-3-5-12(6-4-11)18(19,20)21/h3-6,13-16H,2,7-10H2,1H3. The second kappa shape index (κ2) is 5.48. The fourth-order valence-corrected chi connectivity index (χ4v) is 5.09. The number of hydrogen-bond acceptors (Lipinski definition) is 2. The lowest BCUT2D eigenvalue weighted by atomic mass is 10.0. The zero-order valence-corrected chi connectivity index (χ0v) is 13.6. The average molecular weight is 338 g/mol. The predicted molar refractivity (Wildman–Crippen MR) is 83.6 cm³/mol. The SMILES string of the molecule is CCN1C2CCC1C1CCC2N1C(=O)c1ccc(C(F)(F)F)cc1. The van der Waals surface area contributed by atoms with E-state index in [-0.39, 0.29) is 18.0 Å². The molecule has 1 aromatic carbocycles. The fourth-order valence-electron chi connectivity index (χ4n) is 5.09. The maximum absolute atomic E-state index is 13.0. The molecule has 0 aliphatic carbocycles. The molecule has 3 aliphatic heterocycles. The van der Waals surface area contributed by atoms with Gasteiger partial charge in [0.25, 0.3) is 5.91 Å². The number of rotatable bonds is 2. The Morgan fingerprint density at radius 3 is 1.96 bits per heavy atom. The minimum absolute atomic E-state index is 0.108. The van der Waals surface area contributed by atoms with Crippen molar-refractivity contribution in [3.05, 3.63) is 35.4 Å². The Morgan fingerprint density at radius 2 is 1.50 bits per heavy atom. The smallest absolute Gasteiger partial charge is 0.330 e. The molecule has 3 heterocycles. The fraction of sp³-hybridized carbons (Fsp3) is 0.611. The topological polar surface area (TPSA) is 23.6 Å². The van der Waals surface area contributed by atoms with Crippen LogP contribution in [0.4, 0.5) is 13.2 Å². The van der Waals surface area contributed by atoms with Crippen LogP contribution in [0.25, 0.3) is 0 Å². The van der Waals surface area contributed by atoms with Gasteiger partial charge in [-0.3, -0.25) is 9.69 Å². The summed E-state index contributed by atoms with van der Waals surface area (Å²) in [5.74, 6) is -0.108. The van der Waals surface area contributed by atoms with E-state index in [1.807, 2.05) is 4.90 Å². The summed E-state index contributed by atoms with van der Waals surface area (Å²) in [5.41, 5.74) is -0.345. The molecule has 3 nitrogen and oxygen atoms in total. The Morgan fingerprint density at radius 1 is 1.00 bits per heavy atom. The van der Waals surface area contributed by atoms with Crippen LogP contribution in [0.3, 0.4) is 0 Å². The molecule has 0 spiro atoms. The van der Waals surface area contributed by atoms with Crippen LogP contribution in [0.15, 0.2) is 24.3 Å². The van der Waals surface area contributed by atoms with Crippen LogP contribution < -0.4 is 0 Å². The molecule has 4 atom stereocenters. The van der Waals surface area contributed by atoms with Crippen LogP contribution >= 0.6 is 0 Å². The van der Waals surface area contributed by atoms with Crippen LogP contribution in [0, 0.1) is 0 Å². The number of hydrogen-bond donors (Lipinski definition) is 0. The molecule has 1 amide bonds. The molecule has 4 bridgehead atoms. The minimum Gasteiger partial charge on any atom is -0.330 e. The first-order valence-electron chi connectivity index (χ1n) is 8.67. The van der Waals surface area contributed by atoms with Gasteiger partial charge in [0.15, 0.2) is 0 Å². The second-order valence-electron chi connectivity index (χ2n) is 7.04. The third-order valence-electron chi connectivity index (χ3n) is 6.03. The van der Waals surface area contributed by atoms with Gasteiger partial charge in [0, 0.05) is 29.7 Å². The van der Waals surface area contributed by atoms with Gasteiger partial charge in [-0.2, -0.15) is 13.2 Å². The Balaban J connectivity index is 1.60. The first-order valence-corrected chi connectivity index (χ1v) is 8.67. The summed E-state index contributed by atoms with van der Waals surface area (Å²) < 4.78 is 38.1. The van der Waals surface area contributed by atoms with Crippen molar-refractivity contribution in [3.8, 4) is 0 Å². The molecule has 1 aromatic rings. The van der Waals surface area contributed by atoms with E-state index in [0.717, 1.165) is 44.4 Å². The average Bonchev–Trinajstić information content (AvgIpc) is 3.07. The van der Waals surface area contributed by atoms with Crippen molar-refractivity contribution in [1.82, 2.24) is 9.80 Å². The maximum Gasteiger partial charge on any atom is 0.416 e. The van der Waals surface area contributed by atoms with Crippen molar-refractivity contribution in [2.24, 2.45) is 0 Å². The number of alkyl halides is 3. The van der Waals surface area contributed by atoms with Gasteiger partial charge in [-0.05, 0) is 56.5 Å². The highest BCUT2D eigenvalue weighted by Crippen LogP contribution is 2.46. The molecule has 0 aromatic heterocycles. The van der Waals surface area contributed by atoms with E-state index in [9.17, 15) is 18.0 Å². The van der Waals surface area contributed by atoms with Crippen LogP contribution in [0.5, 0.6) is 0 Å². The summed E-state index contributed by atoms with van der Waals surface area (Å²) in [6, 6.07) is 5.90. The molecule has 130 valence electrons. The van der Waals surface area contributed by atoms with Crippen LogP contribution in [0.2, 0.25) is 0 Å². The zero-order chi connectivity index (χ0) is 17.1. The van der Waals surface area contributed by atoms with Gasteiger partial charge >= 0.3 is 6.18 Å². The number of carbonyl (C=O) groups is 1. The summed E-state index contributed by atoms with van der Waals surface area (Å²) in [7, 11) is 0. The lowest BCUT2D eigenvalue weighted by molar-refractivity contribution is -0.137. The quantitative estimate of drug-likeness (QED) is 0.823. The van der Waals surface area contributed by atoms with Gasteiger partial charge in [0.1, 0.15) is 0 Å². The summed E-state index contributed by atoms with van der Waals surface area (Å²) in [6.07, 6.45) is -0.108. The number of halogens is 3. The Bertz CT molecular complexity index is 623. The molecule has 4 unspecified atom stereocenters. The van der Waals surface area contributed by atoms with Crippen molar-refractivity contribution in [2.75, 3.05) is 6.54 Å². The third kappa shape index (κ3) is 2.26. The van der Waals surface area contributed by atoms with Crippen molar-refractivity contribution in [1.29, 1.82) is 0 Å². The predicted octanol–water partition coefficient (Wildman–Crippen LogP) is 3.55. The van der Waals surface area contributed by atoms with E-state index in [2.05, 4.69) is 11.8 Å². The largest absolute Gasteiger partial charge is 0.416 e. The van der Waals surface area contributed by atoms with E-state index >= 15 is 0 Å². The van der Waals surface area contributed by atoms with E-state index < -0.39 is 11.7 Å².